The molecule has 0 bridgehead atoms. The van der Waals surface area contributed by atoms with Gasteiger partial charge in [0.05, 0.1) is 29.7 Å². The van der Waals surface area contributed by atoms with Crippen molar-refractivity contribution in [3.05, 3.63) is 45.9 Å². The minimum atomic E-state index is -0.858. The second-order valence-electron chi connectivity index (χ2n) is 6.33. The van der Waals surface area contributed by atoms with Crippen LogP contribution in [0, 0.1) is 5.82 Å². The summed E-state index contributed by atoms with van der Waals surface area (Å²) < 4.78 is 20.4. The lowest BCUT2D eigenvalue weighted by molar-refractivity contribution is -0.207. The first kappa shape index (κ1) is 19.9. The number of carbonyl (C=O) groups excluding carboxylic acids is 1. The molecule has 0 aliphatic heterocycles. The van der Waals surface area contributed by atoms with Gasteiger partial charge >= 0.3 is 5.97 Å². The van der Waals surface area contributed by atoms with Gasteiger partial charge in [-0.05, 0) is 38.7 Å². The molecule has 0 unspecified atom stereocenters. The Labute approximate surface area is 165 Å². The average molecular weight is 412 g/mol. The van der Waals surface area contributed by atoms with Crippen molar-refractivity contribution in [1.82, 2.24) is 4.57 Å². The maximum absolute atomic E-state index is 14.5. The Kier molecular flexibility index (Phi) is 5.69. The third-order valence-electron chi connectivity index (χ3n) is 4.53. The summed E-state index contributed by atoms with van der Waals surface area (Å²) in [6, 6.07) is 2.07. The summed E-state index contributed by atoms with van der Waals surface area (Å²) in [5.74, 6) is -2.00. The predicted molar refractivity (Wildman–Crippen MR) is 98.2 cm³/mol. The van der Waals surface area contributed by atoms with Gasteiger partial charge < -0.3 is 14.9 Å². The van der Waals surface area contributed by atoms with Gasteiger partial charge in [-0.2, -0.15) is 0 Å². The van der Waals surface area contributed by atoms with Crippen molar-refractivity contribution >= 4 is 17.6 Å². The molecule has 1 aromatic carbocycles. The molecule has 0 saturated heterocycles. The smallest absolute Gasteiger partial charge is 0.382 e. The SMILES string of the molecule is COC(C)=CC(=O)OOc1cc(-n2c(O)c3c(c2O)CCCC3)c(F)cc1Cl. The van der Waals surface area contributed by atoms with E-state index in [4.69, 9.17) is 21.2 Å². The molecule has 3 rings (SSSR count). The molecule has 1 heterocycles. The molecule has 0 saturated carbocycles. The van der Waals surface area contributed by atoms with Crippen molar-refractivity contribution in [2.75, 3.05) is 7.11 Å². The molecule has 0 radical (unpaired) electrons. The molecule has 9 heteroatoms. The van der Waals surface area contributed by atoms with Gasteiger partial charge in [0.15, 0.2) is 5.75 Å². The van der Waals surface area contributed by atoms with Gasteiger partial charge in [0.2, 0.25) is 11.8 Å². The van der Waals surface area contributed by atoms with Crippen LogP contribution in [-0.4, -0.2) is 27.9 Å². The molecule has 1 aliphatic rings. The lowest BCUT2D eigenvalue weighted by Crippen LogP contribution is -2.07. The minimum absolute atomic E-state index is 0.155. The highest BCUT2D eigenvalue weighted by Crippen LogP contribution is 2.42. The zero-order valence-electron chi connectivity index (χ0n) is 15.3. The van der Waals surface area contributed by atoms with Crippen LogP contribution in [0.25, 0.3) is 5.69 Å². The van der Waals surface area contributed by atoms with Gasteiger partial charge in [0.25, 0.3) is 0 Å². The van der Waals surface area contributed by atoms with Crippen molar-refractivity contribution in [2.24, 2.45) is 0 Å². The Bertz CT molecular complexity index is 923. The van der Waals surface area contributed by atoms with Crippen molar-refractivity contribution in [3.8, 4) is 23.2 Å². The number of aromatic hydroxyl groups is 2. The van der Waals surface area contributed by atoms with Crippen molar-refractivity contribution in [2.45, 2.75) is 32.6 Å². The van der Waals surface area contributed by atoms with Crippen LogP contribution < -0.4 is 4.89 Å². The van der Waals surface area contributed by atoms with E-state index in [1.54, 1.807) is 6.92 Å². The molecular formula is C19H19ClFNO6. The number of fused-ring (bicyclic) bond motifs is 1. The average Bonchev–Trinajstić information content (AvgIpc) is 2.92. The van der Waals surface area contributed by atoms with Gasteiger partial charge in [-0.15, -0.1) is 0 Å². The van der Waals surface area contributed by atoms with Crippen LogP contribution in [0.1, 0.15) is 30.9 Å². The number of rotatable bonds is 5. The monoisotopic (exact) mass is 411 g/mol. The lowest BCUT2D eigenvalue weighted by atomic mass is 9.95. The molecule has 150 valence electrons. The number of halogens is 2. The van der Waals surface area contributed by atoms with Gasteiger partial charge in [-0.25, -0.2) is 18.6 Å². The molecule has 0 fully saturated rings. The molecule has 7 nitrogen and oxygen atoms in total. The highest BCUT2D eigenvalue weighted by Gasteiger charge is 2.27. The standard InChI is InChI=1S/C19H19ClFNO6/c1-10(26-2)7-17(23)28-27-16-9-15(14(21)8-13(16)20)22-18(24)11-5-3-4-6-12(11)19(22)25/h7-9,24-25H,3-6H2,1-2H3. The summed E-state index contributed by atoms with van der Waals surface area (Å²) in [5, 5.41) is 20.8. The molecular weight excluding hydrogens is 393 g/mol. The number of hydrogen-bond donors (Lipinski definition) is 2. The summed E-state index contributed by atoms with van der Waals surface area (Å²) >= 11 is 5.96. The molecule has 0 amide bonds. The first-order chi connectivity index (χ1) is 13.3. The number of nitrogens with zero attached hydrogens (tertiary/aromatic N) is 1. The topological polar surface area (TPSA) is 90.2 Å². The normalized spacial score (nSPS) is 13.8. The number of aromatic nitrogens is 1. The summed E-state index contributed by atoms with van der Waals surface area (Å²) in [4.78, 5) is 21.2. The van der Waals surface area contributed by atoms with Gasteiger partial charge in [-0.3, -0.25) is 4.89 Å². The summed E-state index contributed by atoms with van der Waals surface area (Å²) in [6.45, 7) is 1.55. The van der Waals surface area contributed by atoms with Gasteiger partial charge in [-0.1, -0.05) is 11.6 Å². The Morgan fingerprint density at radius 1 is 1.21 bits per heavy atom. The van der Waals surface area contributed by atoms with E-state index in [1.807, 2.05) is 0 Å². The van der Waals surface area contributed by atoms with E-state index in [0.29, 0.717) is 29.7 Å². The van der Waals surface area contributed by atoms with E-state index in [1.165, 1.54) is 7.11 Å². The van der Waals surface area contributed by atoms with Crippen LogP contribution in [0.2, 0.25) is 5.02 Å². The number of hydrogen-bond acceptors (Lipinski definition) is 6. The maximum atomic E-state index is 14.5. The van der Waals surface area contributed by atoms with Crippen LogP contribution in [-0.2, 0) is 27.3 Å². The first-order valence-electron chi connectivity index (χ1n) is 8.58. The van der Waals surface area contributed by atoms with E-state index in [0.717, 1.165) is 35.6 Å². The minimum Gasteiger partial charge on any atom is -0.501 e. The Morgan fingerprint density at radius 2 is 1.82 bits per heavy atom. The third-order valence-corrected chi connectivity index (χ3v) is 4.83. The number of benzene rings is 1. The van der Waals surface area contributed by atoms with Crippen LogP contribution in [0.3, 0.4) is 0 Å². The largest absolute Gasteiger partial charge is 0.501 e. The van der Waals surface area contributed by atoms with E-state index < -0.39 is 11.8 Å². The zero-order chi connectivity index (χ0) is 20.4. The van der Waals surface area contributed by atoms with Crippen molar-refractivity contribution < 1.29 is 33.9 Å². The van der Waals surface area contributed by atoms with E-state index in [9.17, 15) is 19.4 Å². The molecule has 1 aliphatic carbocycles. The Morgan fingerprint density at radius 3 is 2.39 bits per heavy atom. The van der Waals surface area contributed by atoms with Gasteiger partial charge in [0.1, 0.15) is 5.82 Å². The predicted octanol–water partition coefficient (Wildman–Crippen LogP) is 3.95. The highest BCUT2D eigenvalue weighted by atomic mass is 35.5. The molecule has 2 N–H and O–H groups in total. The molecule has 1 aromatic heterocycles. The van der Waals surface area contributed by atoms with Gasteiger partial charge in [0, 0.05) is 17.2 Å². The lowest BCUT2D eigenvalue weighted by Gasteiger charge is -2.12. The fourth-order valence-corrected chi connectivity index (χ4v) is 3.27. The quantitative estimate of drug-likeness (QED) is 0.335. The summed E-state index contributed by atoms with van der Waals surface area (Å²) in [7, 11) is 1.39. The number of allylic oxidation sites excluding steroid dienone is 1. The molecule has 0 spiro atoms. The van der Waals surface area contributed by atoms with E-state index in [2.05, 4.69) is 4.89 Å². The third kappa shape index (κ3) is 3.73. The summed E-state index contributed by atoms with van der Waals surface area (Å²) in [5.41, 5.74) is 0.989. The fraction of sp³-hybridized carbons (Fsp3) is 0.316. The van der Waals surface area contributed by atoms with E-state index in [-0.39, 0.29) is 28.2 Å². The maximum Gasteiger partial charge on any atom is 0.382 e. The van der Waals surface area contributed by atoms with Crippen LogP contribution in [0.15, 0.2) is 24.0 Å². The van der Waals surface area contributed by atoms with E-state index >= 15 is 0 Å². The first-order valence-corrected chi connectivity index (χ1v) is 8.95. The van der Waals surface area contributed by atoms with Crippen molar-refractivity contribution in [3.63, 3.8) is 0 Å². The fourth-order valence-electron chi connectivity index (χ4n) is 3.09. The Hall–Kier alpha value is -2.87. The van der Waals surface area contributed by atoms with Crippen LogP contribution >= 0.6 is 11.6 Å². The second kappa shape index (κ2) is 8.02. The zero-order valence-corrected chi connectivity index (χ0v) is 16.0. The number of carbonyl (C=O) groups is 1. The van der Waals surface area contributed by atoms with Crippen LogP contribution in [0.4, 0.5) is 4.39 Å². The Balaban J connectivity index is 1.95. The molecule has 2 aromatic rings. The highest BCUT2D eigenvalue weighted by molar-refractivity contribution is 6.32. The summed E-state index contributed by atoms with van der Waals surface area (Å²) in [6.07, 6.45) is 3.96. The molecule has 28 heavy (non-hydrogen) atoms. The second-order valence-corrected chi connectivity index (χ2v) is 6.73. The number of methoxy groups -OCH3 is 1. The van der Waals surface area contributed by atoms with Crippen molar-refractivity contribution in [1.29, 1.82) is 0 Å². The van der Waals surface area contributed by atoms with Crippen LogP contribution in [0.5, 0.6) is 17.5 Å². The molecule has 0 atom stereocenters. The number of ether oxygens (including phenoxy) is 1.